The first-order chi connectivity index (χ1) is 9.52. The van der Waals surface area contributed by atoms with Crippen molar-refractivity contribution in [2.24, 2.45) is 5.84 Å². The lowest BCUT2D eigenvalue weighted by molar-refractivity contribution is -0.383. The number of para-hydroxylation sites is 1. The molecule has 0 bridgehead atoms. The molecule has 6 nitrogen and oxygen atoms in total. The lowest BCUT2D eigenvalue weighted by atomic mass is 10.2. The van der Waals surface area contributed by atoms with E-state index in [4.69, 9.17) is 5.84 Å². The lowest BCUT2D eigenvalue weighted by Crippen LogP contribution is -2.10. The summed E-state index contributed by atoms with van der Waals surface area (Å²) in [5.41, 5.74) is 3.33. The summed E-state index contributed by atoms with van der Waals surface area (Å²) in [5.74, 6) is 4.76. The molecule has 0 unspecified atom stereocenters. The van der Waals surface area contributed by atoms with Gasteiger partial charge in [0, 0.05) is 0 Å². The number of hydrogen-bond donors (Lipinski definition) is 3. The molecule has 0 saturated carbocycles. The van der Waals surface area contributed by atoms with Gasteiger partial charge in [-0.2, -0.15) is 0 Å². The smallest absolute Gasteiger partial charge is 0.316 e. The average Bonchev–Trinajstić information content (AvgIpc) is 2.42. The van der Waals surface area contributed by atoms with Crippen LogP contribution in [0.3, 0.4) is 0 Å². The van der Waals surface area contributed by atoms with Gasteiger partial charge in [-0.3, -0.25) is 16.0 Å². The Kier molecular flexibility index (Phi) is 3.81. The Balaban J connectivity index is 2.48. The number of hydrogen-bond acceptors (Lipinski definition) is 5. The van der Waals surface area contributed by atoms with Crippen LogP contribution in [0.25, 0.3) is 0 Å². The van der Waals surface area contributed by atoms with E-state index >= 15 is 0 Å². The van der Waals surface area contributed by atoms with E-state index in [-0.39, 0.29) is 22.7 Å². The molecule has 20 heavy (non-hydrogen) atoms. The van der Waals surface area contributed by atoms with E-state index in [1.807, 2.05) is 0 Å². The Hall–Kier alpha value is -2.67. The molecule has 0 saturated heterocycles. The molecule has 0 amide bonds. The molecule has 104 valence electrons. The maximum atomic E-state index is 13.7. The van der Waals surface area contributed by atoms with Crippen LogP contribution in [0.1, 0.15) is 5.56 Å². The third-order valence-corrected chi connectivity index (χ3v) is 2.77. The standard InChI is InChI=1S/C13H13FN4O2/c1-8-5-6-9(14)12(7-8)16-10-3-2-4-11(17-15)13(10)18(19)20/h2-7,16-17H,15H2,1H3. The number of benzene rings is 2. The van der Waals surface area contributed by atoms with E-state index in [0.29, 0.717) is 0 Å². The number of nitro benzene ring substituents is 1. The predicted octanol–water partition coefficient (Wildman–Crippen LogP) is 3.07. The average molecular weight is 276 g/mol. The minimum atomic E-state index is -0.578. The highest BCUT2D eigenvalue weighted by Crippen LogP contribution is 2.34. The van der Waals surface area contributed by atoms with E-state index in [1.54, 1.807) is 25.1 Å². The van der Waals surface area contributed by atoms with Gasteiger partial charge in [0.25, 0.3) is 0 Å². The minimum absolute atomic E-state index is 0.146. The highest BCUT2D eigenvalue weighted by Gasteiger charge is 2.19. The second-order valence-corrected chi connectivity index (χ2v) is 4.21. The van der Waals surface area contributed by atoms with Gasteiger partial charge in [0.1, 0.15) is 17.2 Å². The van der Waals surface area contributed by atoms with Crippen molar-refractivity contribution in [3.8, 4) is 0 Å². The zero-order valence-electron chi connectivity index (χ0n) is 10.7. The fourth-order valence-corrected chi connectivity index (χ4v) is 1.84. The number of nitrogens with one attached hydrogen (secondary N) is 2. The molecule has 0 atom stereocenters. The first-order valence-corrected chi connectivity index (χ1v) is 5.80. The summed E-state index contributed by atoms with van der Waals surface area (Å²) < 4.78 is 13.7. The molecule has 2 aromatic carbocycles. The van der Waals surface area contributed by atoms with Crippen molar-refractivity contribution in [1.82, 2.24) is 0 Å². The van der Waals surface area contributed by atoms with E-state index in [2.05, 4.69) is 10.7 Å². The van der Waals surface area contributed by atoms with Crippen LogP contribution in [0.5, 0.6) is 0 Å². The van der Waals surface area contributed by atoms with Gasteiger partial charge in [-0.25, -0.2) is 4.39 Å². The number of nitrogens with two attached hydrogens (primary N) is 1. The summed E-state index contributed by atoms with van der Waals surface area (Å²) >= 11 is 0. The third kappa shape index (κ3) is 2.67. The number of nitro groups is 1. The second kappa shape index (κ2) is 5.54. The molecular formula is C13H13FN4O2. The summed E-state index contributed by atoms with van der Waals surface area (Å²) in [5, 5.41) is 13.8. The largest absolute Gasteiger partial charge is 0.347 e. The summed E-state index contributed by atoms with van der Waals surface area (Å²) in [6.07, 6.45) is 0. The van der Waals surface area contributed by atoms with Gasteiger partial charge >= 0.3 is 5.69 Å². The Morgan fingerprint density at radius 3 is 2.55 bits per heavy atom. The van der Waals surface area contributed by atoms with Crippen molar-refractivity contribution >= 4 is 22.7 Å². The predicted molar refractivity (Wildman–Crippen MR) is 75.3 cm³/mol. The van der Waals surface area contributed by atoms with Crippen LogP contribution in [0.4, 0.5) is 27.1 Å². The van der Waals surface area contributed by atoms with Gasteiger partial charge in [0.05, 0.1) is 10.6 Å². The SMILES string of the molecule is Cc1ccc(F)c(Nc2cccc(NN)c2[N+](=O)[O-])c1. The molecule has 2 aromatic rings. The Labute approximate surface area is 114 Å². The van der Waals surface area contributed by atoms with Crippen LogP contribution >= 0.6 is 0 Å². The van der Waals surface area contributed by atoms with E-state index in [0.717, 1.165) is 5.56 Å². The van der Waals surface area contributed by atoms with Crippen LogP contribution in [0.2, 0.25) is 0 Å². The van der Waals surface area contributed by atoms with Gasteiger partial charge in [0.2, 0.25) is 0 Å². The number of rotatable bonds is 4. The van der Waals surface area contributed by atoms with Crippen molar-refractivity contribution < 1.29 is 9.31 Å². The Morgan fingerprint density at radius 2 is 1.90 bits per heavy atom. The first-order valence-electron chi connectivity index (χ1n) is 5.80. The second-order valence-electron chi connectivity index (χ2n) is 4.21. The molecule has 0 aromatic heterocycles. The van der Waals surface area contributed by atoms with Gasteiger partial charge in [-0.1, -0.05) is 12.1 Å². The summed E-state index contributed by atoms with van der Waals surface area (Å²) in [4.78, 5) is 10.5. The number of nitrogens with zero attached hydrogens (tertiary/aromatic N) is 1. The van der Waals surface area contributed by atoms with Crippen molar-refractivity contribution in [2.45, 2.75) is 6.92 Å². The summed E-state index contributed by atoms with van der Waals surface area (Å²) in [6.45, 7) is 1.80. The highest BCUT2D eigenvalue weighted by molar-refractivity contribution is 5.79. The van der Waals surface area contributed by atoms with Crippen molar-refractivity contribution in [2.75, 3.05) is 10.7 Å². The molecule has 2 rings (SSSR count). The Morgan fingerprint density at radius 1 is 1.20 bits per heavy atom. The first kappa shape index (κ1) is 13.8. The zero-order valence-corrected chi connectivity index (χ0v) is 10.7. The summed E-state index contributed by atoms with van der Waals surface area (Å²) in [7, 11) is 0. The molecule has 7 heteroatoms. The Bertz CT molecular complexity index is 661. The number of anilines is 3. The number of hydrazine groups is 1. The van der Waals surface area contributed by atoms with Crippen LogP contribution < -0.4 is 16.6 Å². The molecule has 0 aliphatic carbocycles. The minimum Gasteiger partial charge on any atom is -0.347 e. The molecule has 0 aliphatic rings. The number of halogens is 1. The number of aryl methyl sites for hydroxylation is 1. The van der Waals surface area contributed by atoms with Crippen molar-refractivity contribution in [3.63, 3.8) is 0 Å². The van der Waals surface area contributed by atoms with Gasteiger partial charge in [-0.15, -0.1) is 0 Å². The van der Waals surface area contributed by atoms with E-state index in [9.17, 15) is 14.5 Å². The van der Waals surface area contributed by atoms with E-state index in [1.165, 1.54) is 18.2 Å². The monoisotopic (exact) mass is 276 g/mol. The van der Waals surface area contributed by atoms with Crippen LogP contribution in [0.15, 0.2) is 36.4 Å². The van der Waals surface area contributed by atoms with Gasteiger partial charge in [0.15, 0.2) is 0 Å². The van der Waals surface area contributed by atoms with E-state index < -0.39 is 10.7 Å². The van der Waals surface area contributed by atoms with Crippen LogP contribution in [0, 0.1) is 22.9 Å². The van der Waals surface area contributed by atoms with Crippen LogP contribution in [-0.4, -0.2) is 4.92 Å². The maximum absolute atomic E-state index is 13.7. The number of nitrogen functional groups attached to an aromatic ring is 1. The molecule has 4 N–H and O–H groups in total. The van der Waals surface area contributed by atoms with Gasteiger partial charge in [-0.05, 0) is 36.8 Å². The van der Waals surface area contributed by atoms with Crippen molar-refractivity contribution in [3.05, 3.63) is 57.9 Å². The lowest BCUT2D eigenvalue weighted by Gasteiger charge is -2.11. The molecular weight excluding hydrogens is 263 g/mol. The molecule has 0 aliphatic heterocycles. The molecule has 0 spiro atoms. The van der Waals surface area contributed by atoms with Crippen molar-refractivity contribution in [1.29, 1.82) is 0 Å². The van der Waals surface area contributed by atoms with Crippen LogP contribution in [-0.2, 0) is 0 Å². The quantitative estimate of drug-likeness (QED) is 0.453. The fraction of sp³-hybridized carbons (Fsp3) is 0.0769. The molecule has 0 fully saturated rings. The van der Waals surface area contributed by atoms with Gasteiger partial charge < -0.3 is 10.7 Å². The molecule has 0 radical (unpaired) electrons. The topological polar surface area (TPSA) is 93.2 Å². The summed E-state index contributed by atoms with van der Waals surface area (Å²) in [6, 6.07) is 9.03. The highest BCUT2D eigenvalue weighted by atomic mass is 19.1. The zero-order chi connectivity index (χ0) is 14.7. The third-order valence-electron chi connectivity index (χ3n) is 2.77. The maximum Gasteiger partial charge on any atom is 0.316 e. The molecule has 0 heterocycles. The normalized spacial score (nSPS) is 10.2. The fourth-order valence-electron chi connectivity index (χ4n) is 1.84.